The second-order valence-electron chi connectivity index (χ2n) is 17.1. The van der Waals surface area contributed by atoms with Gasteiger partial charge in [0.25, 0.3) is 17.7 Å². The first kappa shape index (κ1) is 43.5. The van der Waals surface area contributed by atoms with Gasteiger partial charge >= 0.3 is 0 Å². The van der Waals surface area contributed by atoms with Crippen LogP contribution in [0.4, 0.5) is 15.9 Å². The maximum absolute atomic E-state index is 14.0. The molecule has 6 amide bonds. The summed E-state index contributed by atoms with van der Waals surface area (Å²) < 4.78 is 29.8. The first-order valence-electron chi connectivity index (χ1n) is 22.9. The number of aromatic nitrogens is 4. The molecule has 0 radical (unpaired) electrons. The van der Waals surface area contributed by atoms with Gasteiger partial charge in [0.2, 0.25) is 17.7 Å². The number of piperidine rings is 2. The highest BCUT2D eigenvalue weighted by molar-refractivity contribution is 6.23. The maximum atomic E-state index is 14.0. The average molecular weight is 913 g/mol. The van der Waals surface area contributed by atoms with Crippen LogP contribution in [0.15, 0.2) is 91.4 Å². The third-order valence-corrected chi connectivity index (χ3v) is 12.8. The largest absolute Gasteiger partial charge is 0.484 e. The zero-order valence-electron chi connectivity index (χ0n) is 37.6. The van der Waals surface area contributed by atoms with Gasteiger partial charge in [-0.25, -0.2) is 9.37 Å². The lowest BCUT2D eigenvalue weighted by Crippen LogP contribution is -2.54. The van der Waals surface area contributed by atoms with E-state index in [0.717, 1.165) is 63.4 Å². The molecule has 2 atom stereocenters. The van der Waals surface area contributed by atoms with E-state index in [1.807, 2.05) is 41.2 Å². The number of nitrogens with two attached hydrogens (primary N) is 1. The van der Waals surface area contributed by atoms with Crippen molar-refractivity contribution < 1.29 is 39.3 Å². The standard InChI is InChI=1S/C48H50FN11O7/c49-32-7-9-33(10-8-32)53-46(64)42(30-5-2-1-3-6-30)44-43(51-27-39(50)54-44)31-26-52-59(28-31)34-15-19-56(20-16-34)17-4-18-57-21-23-58(24-22-57)41(62)29-67-35-11-12-36-37(25-35)48(66)60(47(36)65)38-13-14-40(61)55-45(38)63/h1-3,5-12,25-28,34,38,42H,4,13-24,29H2,(H2,50,54)(H,53,64)(H,55,61,63)/t38?,42-/m1/s1/i27D. The molecule has 3 aromatic carbocycles. The van der Waals surface area contributed by atoms with Crippen molar-refractivity contribution in [2.45, 2.75) is 50.1 Å². The molecule has 1 unspecified atom stereocenters. The molecule has 4 aliphatic heterocycles. The molecule has 67 heavy (non-hydrogen) atoms. The van der Waals surface area contributed by atoms with Gasteiger partial charge in [-0.05, 0) is 86.8 Å². The predicted octanol–water partition coefficient (Wildman–Crippen LogP) is 3.48. The van der Waals surface area contributed by atoms with Crippen molar-refractivity contribution in [1.82, 2.24) is 44.7 Å². The number of carbonyl (C=O) groups excluding carboxylic acids is 6. The topological polar surface area (TPSA) is 218 Å². The van der Waals surface area contributed by atoms with Gasteiger partial charge in [0.15, 0.2) is 6.61 Å². The minimum Gasteiger partial charge on any atom is -0.484 e. The van der Waals surface area contributed by atoms with Crippen LogP contribution >= 0.6 is 0 Å². The highest BCUT2D eigenvalue weighted by Gasteiger charge is 2.45. The van der Waals surface area contributed by atoms with Crippen molar-refractivity contribution in [1.29, 1.82) is 0 Å². The van der Waals surface area contributed by atoms with Crippen molar-refractivity contribution in [2.24, 2.45) is 0 Å². The van der Waals surface area contributed by atoms with Crippen LogP contribution in [-0.4, -0.2) is 140 Å². The lowest BCUT2D eigenvalue weighted by atomic mass is 9.91. The van der Waals surface area contributed by atoms with Crippen LogP contribution in [0, 0.1) is 5.82 Å². The van der Waals surface area contributed by atoms with Crippen molar-refractivity contribution in [2.75, 3.05) is 70.0 Å². The highest BCUT2D eigenvalue weighted by Crippen LogP contribution is 2.34. The summed E-state index contributed by atoms with van der Waals surface area (Å²) in [5.41, 5.74) is 8.61. The van der Waals surface area contributed by atoms with E-state index in [1.165, 1.54) is 42.5 Å². The number of nitrogens with one attached hydrogen (secondary N) is 2. The summed E-state index contributed by atoms with van der Waals surface area (Å²) in [6.07, 6.45) is 6.16. The lowest BCUT2D eigenvalue weighted by Gasteiger charge is -2.36. The highest BCUT2D eigenvalue weighted by atomic mass is 19.1. The number of nitrogen functional groups attached to an aromatic ring is 1. The average Bonchev–Trinajstić information content (AvgIpc) is 3.93. The summed E-state index contributed by atoms with van der Waals surface area (Å²) in [5, 5.41) is 9.76. The zero-order valence-corrected chi connectivity index (χ0v) is 36.6. The van der Waals surface area contributed by atoms with E-state index < -0.39 is 47.3 Å². The Morgan fingerprint density at radius 3 is 2.34 bits per heavy atom. The summed E-state index contributed by atoms with van der Waals surface area (Å²) in [5.74, 6) is -4.23. The van der Waals surface area contributed by atoms with Gasteiger partial charge in [-0.15, -0.1) is 0 Å². The number of hydrogen-bond donors (Lipinski definition) is 3. The second-order valence-corrected chi connectivity index (χ2v) is 17.1. The van der Waals surface area contributed by atoms with E-state index in [-0.39, 0.29) is 66.0 Å². The number of anilines is 2. The molecule has 9 rings (SSSR count). The summed E-state index contributed by atoms with van der Waals surface area (Å²) in [4.78, 5) is 93.8. The van der Waals surface area contributed by atoms with Gasteiger partial charge in [-0.1, -0.05) is 30.3 Å². The van der Waals surface area contributed by atoms with E-state index in [0.29, 0.717) is 35.6 Å². The second kappa shape index (κ2) is 19.6. The lowest BCUT2D eigenvalue weighted by molar-refractivity contribution is -0.136. The van der Waals surface area contributed by atoms with Gasteiger partial charge in [0.05, 0.1) is 42.3 Å². The predicted molar refractivity (Wildman–Crippen MR) is 242 cm³/mol. The van der Waals surface area contributed by atoms with Gasteiger partial charge in [-0.3, -0.25) is 53.5 Å². The number of halogens is 1. The van der Waals surface area contributed by atoms with Gasteiger partial charge in [-0.2, -0.15) is 5.10 Å². The number of fused-ring (bicyclic) bond motifs is 1. The fraction of sp³-hybridized carbons (Fsp3) is 0.354. The molecule has 3 saturated heterocycles. The van der Waals surface area contributed by atoms with Crippen LogP contribution in [0.5, 0.6) is 5.75 Å². The Kier molecular flexibility index (Phi) is 12.7. The number of hydrogen-bond acceptors (Lipinski definition) is 13. The van der Waals surface area contributed by atoms with E-state index in [1.54, 1.807) is 11.1 Å². The molecule has 5 aromatic rings. The van der Waals surface area contributed by atoms with Crippen LogP contribution in [0.2, 0.25) is 0 Å². The van der Waals surface area contributed by atoms with Crippen molar-refractivity contribution >= 4 is 46.9 Å². The van der Waals surface area contributed by atoms with E-state index in [9.17, 15) is 33.2 Å². The third-order valence-electron chi connectivity index (χ3n) is 12.8. The molecule has 0 aliphatic carbocycles. The fourth-order valence-electron chi connectivity index (χ4n) is 9.20. The fourth-order valence-corrected chi connectivity index (χ4v) is 9.20. The minimum absolute atomic E-state index is 0.0281. The number of benzene rings is 3. The number of ether oxygens (including phenoxy) is 1. The van der Waals surface area contributed by atoms with Crippen LogP contribution < -0.4 is 21.1 Å². The normalized spacial score (nSPS) is 18.9. The molecular weight excluding hydrogens is 862 g/mol. The van der Waals surface area contributed by atoms with Crippen LogP contribution in [0.25, 0.3) is 11.3 Å². The number of likely N-dealkylation sites (tertiary alicyclic amines) is 1. The smallest absolute Gasteiger partial charge is 0.262 e. The molecule has 18 nitrogen and oxygen atoms in total. The summed E-state index contributed by atoms with van der Waals surface area (Å²) in [6, 6.07) is 18.0. The SMILES string of the molecule is [2H]c1nc(-c2cnn(C3CCN(CCCN4CCN(C(=O)COc5ccc6c(c5)C(=O)N(C5CCC(=O)NC5=O)C6=O)CC4)CC3)c2)c([C@H](C(=O)Nc2ccc(F)cc2)c2ccccc2)nc1N. The summed E-state index contributed by atoms with van der Waals surface area (Å²) >= 11 is 0. The monoisotopic (exact) mass is 912 g/mol. The molecule has 0 bridgehead atoms. The molecule has 346 valence electrons. The number of nitrogens with zero attached hydrogens (tertiary/aromatic N) is 8. The molecule has 4 N–H and O–H groups in total. The number of amides is 6. The molecule has 6 heterocycles. The molecule has 0 spiro atoms. The molecule has 3 fully saturated rings. The summed E-state index contributed by atoms with van der Waals surface area (Å²) in [6.45, 7) is 5.94. The Morgan fingerprint density at radius 2 is 1.61 bits per heavy atom. The molecule has 19 heteroatoms. The first-order chi connectivity index (χ1) is 32.9. The van der Waals surface area contributed by atoms with Crippen LogP contribution in [-0.2, 0) is 19.2 Å². The van der Waals surface area contributed by atoms with E-state index >= 15 is 0 Å². The Bertz CT molecular complexity index is 2740. The third kappa shape index (κ3) is 9.92. The summed E-state index contributed by atoms with van der Waals surface area (Å²) in [7, 11) is 0. The van der Waals surface area contributed by atoms with Crippen molar-refractivity contribution in [3.05, 3.63) is 120 Å². The zero-order chi connectivity index (χ0) is 47.5. The van der Waals surface area contributed by atoms with E-state index in [4.69, 9.17) is 16.9 Å². The van der Waals surface area contributed by atoms with Crippen LogP contribution in [0.3, 0.4) is 0 Å². The quantitative estimate of drug-likeness (QED) is 0.136. The van der Waals surface area contributed by atoms with Crippen LogP contribution in [0.1, 0.15) is 77.4 Å². The molecule has 2 aromatic heterocycles. The molecular formula is C48H50FN11O7. The Morgan fingerprint density at radius 1 is 0.896 bits per heavy atom. The first-order valence-corrected chi connectivity index (χ1v) is 22.4. The van der Waals surface area contributed by atoms with Gasteiger partial charge in [0.1, 0.15) is 29.3 Å². The number of piperazine rings is 1. The van der Waals surface area contributed by atoms with Crippen molar-refractivity contribution in [3.63, 3.8) is 0 Å². The molecule has 4 aliphatic rings. The van der Waals surface area contributed by atoms with E-state index in [2.05, 4.69) is 30.4 Å². The van der Waals surface area contributed by atoms with Crippen molar-refractivity contribution in [3.8, 4) is 17.0 Å². The maximum Gasteiger partial charge on any atom is 0.262 e. The molecule has 0 saturated carbocycles. The van der Waals surface area contributed by atoms with Gasteiger partial charge < -0.3 is 25.6 Å². The Hall–Kier alpha value is -7.38. The number of rotatable bonds is 14. The number of imide groups is 2. The Labute approximate surface area is 386 Å². The Balaban J connectivity index is 0.733. The number of carbonyl (C=O) groups is 6. The van der Waals surface area contributed by atoms with Gasteiger partial charge in [0, 0.05) is 63.1 Å². The minimum atomic E-state index is -1.07.